The zero-order valence-corrected chi connectivity index (χ0v) is 40.9. The van der Waals surface area contributed by atoms with Gasteiger partial charge in [0.1, 0.15) is 9.79 Å². The second-order valence-corrected chi connectivity index (χ2v) is 25.2. The van der Waals surface area contributed by atoms with Crippen molar-refractivity contribution in [3.63, 3.8) is 0 Å². The van der Waals surface area contributed by atoms with Crippen LogP contribution in [-0.2, 0) is 49.8 Å². The third-order valence-corrected chi connectivity index (χ3v) is 18.0. The third kappa shape index (κ3) is 12.5. The second-order valence-electron chi connectivity index (χ2n) is 15.4. The van der Waals surface area contributed by atoms with E-state index in [2.05, 4.69) is 10.6 Å². The fourth-order valence-electron chi connectivity index (χ4n) is 6.79. The molecule has 2 aliphatic heterocycles. The Hall–Kier alpha value is -4.18. The van der Waals surface area contributed by atoms with Gasteiger partial charge in [-0.2, -0.15) is 25.4 Å². The van der Waals surface area contributed by atoms with Gasteiger partial charge in [0, 0.05) is 69.0 Å². The molecule has 0 aromatic heterocycles. The van der Waals surface area contributed by atoms with E-state index in [4.69, 9.17) is 9.47 Å². The van der Waals surface area contributed by atoms with E-state index in [1.165, 1.54) is 92.8 Å². The Labute approximate surface area is 393 Å². The van der Waals surface area contributed by atoms with E-state index in [-0.39, 0.29) is 107 Å². The highest BCUT2D eigenvalue weighted by Gasteiger charge is 2.32. The first-order valence-corrected chi connectivity index (χ1v) is 27.8. The Bertz CT molecular complexity index is 2790. The number of hydrogen-bond donors (Lipinski definition) is 4. The van der Waals surface area contributed by atoms with Crippen LogP contribution < -0.4 is 10.6 Å². The zero-order valence-electron chi connectivity index (χ0n) is 36.0. The molecule has 0 spiro atoms. The number of morpholine rings is 2. The second kappa shape index (κ2) is 21.0. The molecule has 4 aromatic carbocycles. The third-order valence-electron chi connectivity index (χ3n) is 9.85. The Morgan fingerprint density at radius 3 is 1.21 bits per heavy atom. The quantitative estimate of drug-likeness (QED) is 0.0579. The van der Waals surface area contributed by atoms with E-state index in [0.717, 1.165) is 24.3 Å². The van der Waals surface area contributed by atoms with Crippen molar-refractivity contribution in [2.24, 2.45) is 0 Å². The summed E-state index contributed by atoms with van der Waals surface area (Å²) in [5, 5.41) is 5.08. The van der Waals surface area contributed by atoms with Gasteiger partial charge in [-0.3, -0.25) is 18.7 Å². The molecular formula is C42H48N4O14S6. The van der Waals surface area contributed by atoms with Gasteiger partial charge in [0.15, 0.2) is 0 Å². The highest BCUT2D eigenvalue weighted by molar-refractivity contribution is 8.01. The first-order chi connectivity index (χ1) is 30.9. The summed E-state index contributed by atoms with van der Waals surface area (Å²) in [5.41, 5.74) is -0.619. The van der Waals surface area contributed by atoms with Gasteiger partial charge in [0.2, 0.25) is 20.0 Å². The predicted octanol–water partition coefficient (Wildman–Crippen LogP) is 5.90. The van der Waals surface area contributed by atoms with Crippen LogP contribution in [-0.4, -0.2) is 126 Å². The van der Waals surface area contributed by atoms with Gasteiger partial charge in [-0.15, -0.1) is 23.5 Å². The van der Waals surface area contributed by atoms with E-state index >= 15 is 0 Å². The van der Waals surface area contributed by atoms with Crippen LogP contribution in [0.25, 0.3) is 12.2 Å². The summed E-state index contributed by atoms with van der Waals surface area (Å²) >= 11 is 2.61. The summed E-state index contributed by atoms with van der Waals surface area (Å²) in [6, 6.07) is 15.3. The smallest absolute Gasteiger partial charge is 0.295 e. The highest BCUT2D eigenvalue weighted by Crippen LogP contribution is 2.35. The Morgan fingerprint density at radius 1 is 0.545 bits per heavy atom. The summed E-state index contributed by atoms with van der Waals surface area (Å²) < 4.78 is 139. The molecule has 0 unspecified atom stereocenters. The molecule has 356 valence electrons. The number of carbonyl (C=O) groups is 2. The molecule has 0 radical (unpaired) electrons. The normalized spacial score (nSPS) is 15.9. The fourth-order valence-corrected chi connectivity index (χ4v) is 13.8. The van der Waals surface area contributed by atoms with Crippen molar-refractivity contribution in [3.8, 4) is 0 Å². The number of rotatable bonds is 16. The maximum absolute atomic E-state index is 13.7. The Morgan fingerprint density at radius 2 is 0.894 bits per heavy atom. The lowest BCUT2D eigenvalue weighted by Crippen LogP contribution is -2.40. The molecule has 4 aromatic rings. The minimum atomic E-state index is -4.99. The zero-order chi connectivity index (χ0) is 48.2. The van der Waals surface area contributed by atoms with Gasteiger partial charge >= 0.3 is 0 Å². The molecule has 66 heavy (non-hydrogen) atoms. The van der Waals surface area contributed by atoms with Crippen LogP contribution in [0.3, 0.4) is 0 Å². The van der Waals surface area contributed by atoms with Gasteiger partial charge < -0.3 is 20.1 Å². The first kappa shape index (κ1) is 51.2. The number of nitrogens with one attached hydrogen (secondary N) is 2. The standard InChI is InChI=1S/C42H48N4O14S6/c1-27(2)61-35-13-9-31(23-39(35)63(49,50)45-15-19-59-20-16-45)41(47)43-33-11-7-29(37(25-33)65(53,54)55)5-6-30-8-12-34(26-38(30)66(56,57)58)44-42(48)32-10-14-36(62-28(3)4)40(24-32)64(51,52)46-17-21-60-22-18-46/h5-14,23-28H,15-22H2,1-4H3,(H,43,47)(H,44,48)(H,53,54,55)(H,56,57,58). The molecule has 18 nitrogen and oxygen atoms in total. The van der Waals surface area contributed by atoms with Crippen LogP contribution in [0.4, 0.5) is 11.4 Å². The average molecular weight is 1030 g/mol. The molecule has 0 aliphatic carbocycles. The molecule has 2 saturated heterocycles. The topological polar surface area (TPSA) is 260 Å². The van der Waals surface area contributed by atoms with Gasteiger partial charge in [-0.25, -0.2) is 16.8 Å². The summed E-state index contributed by atoms with van der Waals surface area (Å²) in [6.45, 7) is 8.95. The SMILES string of the molecule is CC(C)Sc1ccc(C(=O)Nc2ccc(C=Cc3ccc(NC(=O)c4ccc(SC(C)C)c(S(=O)(=O)N5CCOCC5)c4)cc3S(=O)(=O)O)c(S(=O)(=O)O)c2)cc1S(=O)(=O)N1CCOCC1. The van der Waals surface area contributed by atoms with Crippen LogP contribution in [0.5, 0.6) is 0 Å². The van der Waals surface area contributed by atoms with Crippen molar-refractivity contribution in [2.75, 3.05) is 63.2 Å². The molecule has 2 aliphatic rings. The van der Waals surface area contributed by atoms with E-state index in [0.29, 0.717) is 9.79 Å². The molecule has 2 heterocycles. The molecule has 24 heteroatoms. The van der Waals surface area contributed by atoms with Crippen LogP contribution >= 0.6 is 23.5 Å². The lowest BCUT2D eigenvalue weighted by atomic mass is 10.1. The fraction of sp³-hybridized carbons (Fsp3) is 0.333. The Kier molecular flexibility index (Phi) is 16.3. The van der Waals surface area contributed by atoms with Crippen LogP contribution in [0, 0.1) is 0 Å². The number of anilines is 2. The number of nitrogens with zero attached hydrogens (tertiary/aromatic N) is 2. The molecule has 0 bridgehead atoms. The number of carbonyl (C=O) groups excluding carboxylic acids is 2. The predicted molar refractivity (Wildman–Crippen MR) is 251 cm³/mol. The monoisotopic (exact) mass is 1020 g/mol. The minimum absolute atomic E-state index is 0.0100. The molecule has 0 saturated carbocycles. The number of amides is 2. The van der Waals surface area contributed by atoms with Crippen molar-refractivity contribution in [2.45, 2.75) is 67.6 Å². The van der Waals surface area contributed by atoms with E-state index in [1.807, 2.05) is 27.7 Å². The van der Waals surface area contributed by atoms with Gasteiger partial charge in [-0.1, -0.05) is 52.0 Å². The first-order valence-electron chi connectivity index (χ1n) is 20.3. The summed E-state index contributed by atoms with van der Waals surface area (Å²) in [7, 11) is -18.1. The van der Waals surface area contributed by atoms with Crippen molar-refractivity contribution in [3.05, 3.63) is 95.1 Å². The largest absolute Gasteiger partial charge is 0.379 e. The van der Waals surface area contributed by atoms with E-state index < -0.39 is 61.9 Å². The van der Waals surface area contributed by atoms with Crippen LogP contribution in [0.15, 0.2) is 102 Å². The minimum Gasteiger partial charge on any atom is -0.379 e. The molecule has 4 N–H and O–H groups in total. The number of ether oxygens (including phenoxy) is 2. The van der Waals surface area contributed by atoms with Gasteiger partial charge in [0.05, 0.1) is 36.2 Å². The lowest BCUT2D eigenvalue weighted by molar-refractivity contribution is 0.0729. The van der Waals surface area contributed by atoms with E-state index in [9.17, 15) is 52.4 Å². The molecule has 0 atom stereocenters. The van der Waals surface area contributed by atoms with Crippen molar-refractivity contribution >= 4 is 99.1 Å². The number of hydrogen-bond acceptors (Lipinski definition) is 14. The van der Waals surface area contributed by atoms with E-state index in [1.54, 1.807) is 0 Å². The maximum Gasteiger partial charge on any atom is 0.295 e. The molecule has 6 rings (SSSR count). The number of sulfonamides is 2. The van der Waals surface area contributed by atoms with Crippen LogP contribution in [0.2, 0.25) is 0 Å². The number of benzene rings is 4. The highest BCUT2D eigenvalue weighted by atomic mass is 32.2. The van der Waals surface area contributed by atoms with Gasteiger partial charge in [-0.05, 0) is 71.8 Å². The lowest BCUT2D eigenvalue weighted by Gasteiger charge is -2.27. The average Bonchev–Trinajstić information content (AvgIpc) is 3.25. The number of thioether (sulfide) groups is 2. The van der Waals surface area contributed by atoms with Gasteiger partial charge in [0.25, 0.3) is 32.1 Å². The summed E-state index contributed by atoms with van der Waals surface area (Å²) in [6.07, 6.45) is 2.27. The molecular weight excluding hydrogens is 977 g/mol. The van der Waals surface area contributed by atoms with Crippen molar-refractivity contribution < 1.29 is 61.8 Å². The maximum atomic E-state index is 13.7. The van der Waals surface area contributed by atoms with Crippen molar-refractivity contribution in [1.82, 2.24) is 8.61 Å². The summed E-state index contributed by atoms with van der Waals surface area (Å²) in [4.78, 5) is 26.4. The van der Waals surface area contributed by atoms with Crippen LogP contribution in [0.1, 0.15) is 59.5 Å². The van der Waals surface area contributed by atoms with Crippen molar-refractivity contribution in [1.29, 1.82) is 0 Å². The Balaban J connectivity index is 1.25. The molecule has 2 amide bonds. The molecule has 2 fully saturated rings. The summed E-state index contributed by atoms with van der Waals surface area (Å²) in [5.74, 6) is -1.57.